The Morgan fingerprint density at radius 2 is 1.93 bits per heavy atom. The molecule has 1 N–H and O–H groups in total. The predicted octanol–water partition coefficient (Wildman–Crippen LogP) is 1.68. The van der Waals surface area contributed by atoms with Crippen molar-refractivity contribution < 1.29 is 19.4 Å². The van der Waals surface area contributed by atoms with E-state index in [1.807, 2.05) is 6.92 Å². The topological polar surface area (TPSA) is 55.8 Å². The lowest BCUT2D eigenvalue weighted by Crippen LogP contribution is -2.26. The van der Waals surface area contributed by atoms with Gasteiger partial charge in [0.2, 0.25) is 0 Å². The highest BCUT2D eigenvalue weighted by Gasteiger charge is 2.25. The van der Waals surface area contributed by atoms with Gasteiger partial charge in [-0.2, -0.15) is 0 Å². The minimum Gasteiger partial charge on any atom is -0.481 e. The van der Waals surface area contributed by atoms with Crippen LogP contribution in [0.5, 0.6) is 0 Å². The van der Waals surface area contributed by atoms with Crippen molar-refractivity contribution in [2.24, 2.45) is 5.92 Å². The van der Waals surface area contributed by atoms with E-state index in [0.717, 1.165) is 32.3 Å². The molecule has 0 unspecified atom stereocenters. The number of carboxylic acids is 1. The first-order valence-electron chi connectivity index (χ1n) is 5.66. The van der Waals surface area contributed by atoms with Crippen molar-refractivity contribution in [3.05, 3.63) is 0 Å². The molecule has 1 aliphatic rings. The number of carbonyl (C=O) groups is 1. The van der Waals surface area contributed by atoms with Crippen LogP contribution in [0.4, 0.5) is 0 Å². The lowest BCUT2D eigenvalue weighted by molar-refractivity contribution is -0.143. The van der Waals surface area contributed by atoms with E-state index < -0.39 is 5.97 Å². The predicted molar refractivity (Wildman–Crippen MR) is 55.8 cm³/mol. The molecular weight excluding hydrogens is 196 g/mol. The quantitative estimate of drug-likeness (QED) is 0.686. The zero-order valence-corrected chi connectivity index (χ0v) is 9.28. The third-order valence-electron chi connectivity index (χ3n) is 2.81. The molecule has 0 aromatic carbocycles. The first kappa shape index (κ1) is 12.5. The Morgan fingerprint density at radius 1 is 1.27 bits per heavy atom. The van der Waals surface area contributed by atoms with Gasteiger partial charge < -0.3 is 14.6 Å². The first-order chi connectivity index (χ1) is 7.24. The van der Waals surface area contributed by atoms with E-state index in [9.17, 15) is 4.79 Å². The Bertz CT molecular complexity index is 185. The lowest BCUT2D eigenvalue weighted by atomic mass is 9.87. The van der Waals surface area contributed by atoms with Crippen LogP contribution in [0.3, 0.4) is 0 Å². The maximum absolute atomic E-state index is 10.7. The smallest absolute Gasteiger partial charge is 0.306 e. The zero-order valence-electron chi connectivity index (χ0n) is 9.28. The summed E-state index contributed by atoms with van der Waals surface area (Å²) in [5.74, 6) is -0.820. The molecule has 0 aliphatic heterocycles. The lowest BCUT2D eigenvalue weighted by Gasteiger charge is -2.26. The molecule has 0 aromatic rings. The van der Waals surface area contributed by atoms with Crippen LogP contribution in [-0.4, -0.2) is 37.0 Å². The molecule has 1 saturated carbocycles. The Labute approximate surface area is 90.6 Å². The second kappa shape index (κ2) is 6.80. The van der Waals surface area contributed by atoms with E-state index in [4.69, 9.17) is 14.6 Å². The molecule has 4 nitrogen and oxygen atoms in total. The molecular formula is C11H20O4. The van der Waals surface area contributed by atoms with Gasteiger partial charge in [-0.25, -0.2) is 0 Å². The molecule has 0 amide bonds. The molecule has 1 aliphatic carbocycles. The van der Waals surface area contributed by atoms with Gasteiger partial charge in [-0.05, 0) is 32.6 Å². The number of hydrogen-bond acceptors (Lipinski definition) is 3. The van der Waals surface area contributed by atoms with Gasteiger partial charge in [0, 0.05) is 6.61 Å². The van der Waals surface area contributed by atoms with Crippen molar-refractivity contribution >= 4 is 5.97 Å². The van der Waals surface area contributed by atoms with Crippen LogP contribution in [0.25, 0.3) is 0 Å². The van der Waals surface area contributed by atoms with Crippen LogP contribution < -0.4 is 0 Å². The van der Waals surface area contributed by atoms with Crippen LogP contribution in [0.2, 0.25) is 0 Å². The number of hydrogen-bond donors (Lipinski definition) is 1. The summed E-state index contributed by atoms with van der Waals surface area (Å²) in [4.78, 5) is 10.7. The van der Waals surface area contributed by atoms with Gasteiger partial charge in [-0.15, -0.1) is 0 Å². The normalized spacial score (nSPS) is 26.5. The standard InChI is InChI=1S/C11H20O4/c1-2-14-7-8-15-10-5-3-9(4-6-10)11(12)13/h9-10H,2-8H2,1H3,(H,12,13). The van der Waals surface area contributed by atoms with Gasteiger partial charge >= 0.3 is 5.97 Å². The molecule has 0 saturated heterocycles. The summed E-state index contributed by atoms with van der Waals surface area (Å²) in [5, 5.41) is 8.81. The van der Waals surface area contributed by atoms with E-state index in [0.29, 0.717) is 13.2 Å². The Hall–Kier alpha value is -0.610. The van der Waals surface area contributed by atoms with Crippen LogP contribution in [0, 0.1) is 5.92 Å². The highest BCUT2D eigenvalue weighted by molar-refractivity contribution is 5.69. The van der Waals surface area contributed by atoms with Gasteiger partial charge in [0.05, 0.1) is 25.2 Å². The van der Waals surface area contributed by atoms with Gasteiger partial charge in [-0.3, -0.25) is 4.79 Å². The van der Waals surface area contributed by atoms with Crippen molar-refractivity contribution in [1.29, 1.82) is 0 Å². The summed E-state index contributed by atoms with van der Waals surface area (Å²) >= 11 is 0. The van der Waals surface area contributed by atoms with Gasteiger partial charge in [0.15, 0.2) is 0 Å². The van der Waals surface area contributed by atoms with E-state index in [1.165, 1.54) is 0 Å². The third kappa shape index (κ3) is 4.62. The van der Waals surface area contributed by atoms with Crippen LogP contribution >= 0.6 is 0 Å². The van der Waals surface area contributed by atoms with Gasteiger partial charge in [0.25, 0.3) is 0 Å². The van der Waals surface area contributed by atoms with Crippen molar-refractivity contribution in [2.75, 3.05) is 19.8 Å². The van der Waals surface area contributed by atoms with E-state index >= 15 is 0 Å². The maximum atomic E-state index is 10.7. The molecule has 88 valence electrons. The molecule has 0 atom stereocenters. The average Bonchev–Trinajstić information content (AvgIpc) is 2.25. The molecule has 0 radical (unpaired) electrons. The molecule has 0 bridgehead atoms. The summed E-state index contributed by atoms with van der Waals surface area (Å²) < 4.78 is 10.8. The van der Waals surface area contributed by atoms with E-state index in [-0.39, 0.29) is 12.0 Å². The molecule has 0 spiro atoms. The summed E-state index contributed by atoms with van der Waals surface area (Å²) in [6, 6.07) is 0. The van der Waals surface area contributed by atoms with Crippen molar-refractivity contribution in [3.63, 3.8) is 0 Å². The molecule has 0 heterocycles. The molecule has 0 aromatic heterocycles. The fraction of sp³-hybridized carbons (Fsp3) is 0.909. The fourth-order valence-corrected chi connectivity index (χ4v) is 1.89. The largest absolute Gasteiger partial charge is 0.481 e. The summed E-state index contributed by atoms with van der Waals surface area (Å²) in [5.41, 5.74) is 0. The van der Waals surface area contributed by atoms with E-state index in [1.54, 1.807) is 0 Å². The monoisotopic (exact) mass is 216 g/mol. The van der Waals surface area contributed by atoms with Crippen LogP contribution in [-0.2, 0) is 14.3 Å². The summed E-state index contributed by atoms with van der Waals surface area (Å²) in [6.45, 7) is 3.93. The summed E-state index contributed by atoms with van der Waals surface area (Å²) in [7, 11) is 0. The van der Waals surface area contributed by atoms with Crippen molar-refractivity contribution in [3.8, 4) is 0 Å². The number of rotatable bonds is 6. The minimum atomic E-state index is -0.664. The third-order valence-corrected chi connectivity index (χ3v) is 2.81. The van der Waals surface area contributed by atoms with Crippen molar-refractivity contribution in [2.45, 2.75) is 38.7 Å². The Morgan fingerprint density at radius 3 is 2.47 bits per heavy atom. The van der Waals surface area contributed by atoms with E-state index in [2.05, 4.69) is 0 Å². The van der Waals surface area contributed by atoms with Crippen molar-refractivity contribution in [1.82, 2.24) is 0 Å². The second-order valence-corrected chi connectivity index (χ2v) is 3.88. The minimum absolute atomic E-state index is 0.156. The number of carboxylic acid groups (broad SMARTS) is 1. The highest BCUT2D eigenvalue weighted by Crippen LogP contribution is 2.26. The summed E-state index contributed by atoms with van der Waals surface area (Å²) in [6.07, 6.45) is 3.45. The SMILES string of the molecule is CCOCCOC1CCC(C(=O)O)CC1. The molecule has 1 rings (SSSR count). The van der Waals surface area contributed by atoms with Gasteiger partial charge in [0.1, 0.15) is 0 Å². The molecule has 15 heavy (non-hydrogen) atoms. The maximum Gasteiger partial charge on any atom is 0.306 e. The highest BCUT2D eigenvalue weighted by atomic mass is 16.5. The number of ether oxygens (including phenoxy) is 2. The molecule has 4 heteroatoms. The van der Waals surface area contributed by atoms with Crippen LogP contribution in [0.15, 0.2) is 0 Å². The van der Waals surface area contributed by atoms with Gasteiger partial charge in [-0.1, -0.05) is 0 Å². The first-order valence-corrected chi connectivity index (χ1v) is 5.66. The second-order valence-electron chi connectivity index (χ2n) is 3.88. The Kier molecular flexibility index (Phi) is 5.65. The Balaban J connectivity index is 2.07. The average molecular weight is 216 g/mol. The molecule has 1 fully saturated rings. The van der Waals surface area contributed by atoms with Crippen LogP contribution in [0.1, 0.15) is 32.6 Å². The number of aliphatic carboxylic acids is 1. The zero-order chi connectivity index (χ0) is 11.1. The fourth-order valence-electron chi connectivity index (χ4n) is 1.89.